The zero-order valence-electron chi connectivity index (χ0n) is 6.80. The van der Waals surface area contributed by atoms with Gasteiger partial charge in [0.25, 0.3) is 7.69 Å². The first kappa shape index (κ1) is 14.2. The minimum Gasteiger partial charge on any atom is -0.295 e. The van der Waals surface area contributed by atoms with Crippen LogP contribution in [-0.2, 0) is 21.0 Å². The number of hydrogen-bond acceptors (Lipinski definition) is 6. The van der Waals surface area contributed by atoms with Crippen LogP contribution in [-0.4, -0.2) is 42.0 Å². The molecule has 90 valence electrons. The Balaban J connectivity index is 5.68. The zero-order valence-corrected chi connectivity index (χ0v) is 9.25. The summed E-state index contributed by atoms with van der Waals surface area (Å²) in [4.78, 5) is 0. The Labute approximate surface area is 80.2 Å². The summed E-state index contributed by atoms with van der Waals surface area (Å²) in [5.41, 5.74) is 0. The van der Waals surface area contributed by atoms with E-state index < -0.39 is 33.4 Å². The maximum absolute atomic E-state index is 10.9. The molecule has 12 heteroatoms. The SMILES string of the molecule is CCOS(O)(O)S(=O)(O)(O)S(=O)(=O)O. The van der Waals surface area contributed by atoms with Gasteiger partial charge in [-0.3, -0.25) is 26.9 Å². The Morgan fingerprint density at radius 2 is 1.57 bits per heavy atom. The van der Waals surface area contributed by atoms with Gasteiger partial charge >= 0.3 is 9.15 Å². The third kappa shape index (κ3) is 1.93. The predicted molar refractivity (Wildman–Crippen MR) is 49.4 cm³/mol. The Bertz CT molecular complexity index is 371. The second-order valence-corrected chi connectivity index (χ2v) is 12.3. The van der Waals surface area contributed by atoms with Gasteiger partial charge in [0, 0.05) is 0 Å². The minimum absolute atomic E-state index is 0.562. The summed E-state index contributed by atoms with van der Waals surface area (Å²) in [6, 6.07) is 0. The second-order valence-electron chi connectivity index (χ2n) is 2.02. The predicted octanol–water partition coefficient (Wildman–Crippen LogP) is 0.172. The molecule has 0 aliphatic carbocycles. The van der Waals surface area contributed by atoms with Crippen molar-refractivity contribution in [1.82, 2.24) is 0 Å². The summed E-state index contributed by atoms with van der Waals surface area (Å²) in [5.74, 6) is 0. The third-order valence-corrected chi connectivity index (χ3v) is 10.8. The lowest BCUT2D eigenvalue weighted by Crippen LogP contribution is -2.44. The maximum atomic E-state index is 10.9. The van der Waals surface area contributed by atoms with Gasteiger partial charge in [0.1, 0.15) is 0 Å². The summed E-state index contributed by atoms with van der Waals surface area (Å²) in [7, 11) is -18.4. The molecule has 0 aliphatic rings. The van der Waals surface area contributed by atoms with E-state index in [1.54, 1.807) is 0 Å². The molecule has 0 bridgehead atoms. The van der Waals surface area contributed by atoms with E-state index in [0.29, 0.717) is 0 Å². The molecule has 0 aliphatic heterocycles. The van der Waals surface area contributed by atoms with Crippen molar-refractivity contribution < 1.29 is 39.6 Å². The Kier molecular flexibility index (Phi) is 3.41. The van der Waals surface area contributed by atoms with E-state index in [-0.39, 0.29) is 0 Å². The van der Waals surface area contributed by atoms with Gasteiger partial charge in [0.05, 0.1) is 6.61 Å². The summed E-state index contributed by atoms with van der Waals surface area (Å²) in [5, 5.41) is 0. The second kappa shape index (κ2) is 3.36. The highest BCUT2D eigenvalue weighted by Crippen LogP contribution is 2.61. The van der Waals surface area contributed by atoms with Crippen molar-refractivity contribution >= 4 is 26.7 Å². The lowest BCUT2D eigenvalue weighted by molar-refractivity contribution is 0.278. The van der Waals surface area contributed by atoms with E-state index in [4.69, 9.17) is 22.8 Å². The van der Waals surface area contributed by atoms with Crippen LogP contribution in [0.1, 0.15) is 6.92 Å². The molecule has 9 nitrogen and oxygen atoms in total. The van der Waals surface area contributed by atoms with Crippen LogP contribution < -0.4 is 0 Å². The molecule has 0 heterocycles. The van der Waals surface area contributed by atoms with Gasteiger partial charge in [-0.05, 0) is 6.92 Å². The van der Waals surface area contributed by atoms with Crippen LogP contribution in [0.5, 0.6) is 0 Å². The Morgan fingerprint density at radius 1 is 1.21 bits per heavy atom. The molecule has 0 saturated carbocycles. The van der Waals surface area contributed by atoms with Gasteiger partial charge in [-0.25, -0.2) is 0 Å². The largest absolute Gasteiger partial charge is 0.382 e. The number of rotatable bonds is 4. The molecule has 0 atom stereocenters. The van der Waals surface area contributed by atoms with Gasteiger partial charge in [0.2, 0.25) is 9.90 Å². The highest BCUT2D eigenvalue weighted by atomic mass is 33.6. The van der Waals surface area contributed by atoms with Crippen molar-refractivity contribution in [2.24, 2.45) is 0 Å². The maximum Gasteiger partial charge on any atom is 0.382 e. The lowest BCUT2D eigenvalue weighted by atomic mass is 10.9. The van der Waals surface area contributed by atoms with Gasteiger partial charge in [-0.15, -0.1) is 0 Å². The molecule has 5 N–H and O–H groups in total. The molecule has 0 saturated heterocycles. The molecule has 0 radical (unpaired) electrons. The third-order valence-electron chi connectivity index (χ3n) is 1.00. The summed E-state index contributed by atoms with van der Waals surface area (Å²) in [6.45, 7) is 0.578. The molecule has 0 aromatic heterocycles. The van der Waals surface area contributed by atoms with Crippen molar-refractivity contribution in [2.45, 2.75) is 6.92 Å². The molecule has 0 aromatic rings. The minimum atomic E-state index is -7.11. The van der Waals surface area contributed by atoms with E-state index in [1.165, 1.54) is 0 Å². The van der Waals surface area contributed by atoms with Crippen molar-refractivity contribution in [3.05, 3.63) is 0 Å². The van der Waals surface area contributed by atoms with E-state index in [1.807, 2.05) is 0 Å². The molecule has 0 fully saturated rings. The Hall–Kier alpha value is 0.210. The van der Waals surface area contributed by atoms with Gasteiger partial charge in [-0.2, -0.15) is 12.6 Å². The van der Waals surface area contributed by atoms with Crippen LogP contribution in [0.15, 0.2) is 0 Å². The standard InChI is InChI=1S/C2H10O9S3/c1-2-11-13(6,7)14(8,9,10)12(3,4)5/h6-7H,2H2,1H3,(H,3,4,5)(H2,8,9,10). The normalized spacial score (nSPS) is 18.6. The van der Waals surface area contributed by atoms with E-state index >= 15 is 0 Å². The van der Waals surface area contributed by atoms with Crippen LogP contribution in [0.4, 0.5) is 0 Å². The molecule has 0 spiro atoms. The smallest absolute Gasteiger partial charge is 0.295 e. The highest BCUT2D eigenvalue weighted by Gasteiger charge is 2.61. The van der Waals surface area contributed by atoms with Crippen molar-refractivity contribution in [2.75, 3.05) is 6.61 Å². The highest BCUT2D eigenvalue weighted by molar-refractivity contribution is 9.15. The average Bonchev–Trinajstić information content (AvgIpc) is 1.81. The van der Waals surface area contributed by atoms with Gasteiger partial charge < -0.3 is 0 Å². The van der Waals surface area contributed by atoms with Crippen molar-refractivity contribution in [3.8, 4) is 0 Å². The fourth-order valence-corrected chi connectivity index (χ4v) is 4.87. The molecule has 0 aromatic carbocycles. The summed E-state index contributed by atoms with van der Waals surface area (Å²) < 4.78 is 78.3. The molecule has 0 unspecified atom stereocenters. The molecular weight excluding hydrogens is 264 g/mol. The number of hydrogen-bond donors (Lipinski definition) is 5. The van der Waals surface area contributed by atoms with Crippen LogP contribution >= 0.6 is 9.90 Å². The van der Waals surface area contributed by atoms with Gasteiger partial charge in [-0.1, -0.05) is 0 Å². The zero-order chi connectivity index (χ0) is 11.9. The summed E-state index contributed by atoms with van der Waals surface area (Å²) in [6.07, 6.45) is 0. The van der Waals surface area contributed by atoms with Crippen LogP contribution in [0, 0.1) is 0 Å². The van der Waals surface area contributed by atoms with Gasteiger partial charge in [0.15, 0.2) is 0 Å². The fourth-order valence-electron chi connectivity index (χ4n) is 0.348. The molecule has 0 rings (SSSR count). The first-order chi connectivity index (χ1) is 5.85. The van der Waals surface area contributed by atoms with Crippen molar-refractivity contribution in [3.63, 3.8) is 0 Å². The van der Waals surface area contributed by atoms with E-state index in [0.717, 1.165) is 6.92 Å². The molecular formula is C2H10O9S3. The average molecular weight is 274 g/mol. The summed E-state index contributed by atoms with van der Waals surface area (Å²) >= 11 is 0. The fraction of sp³-hybridized carbons (Fsp3) is 1.00. The first-order valence-corrected chi connectivity index (χ1v) is 8.73. The van der Waals surface area contributed by atoms with E-state index in [2.05, 4.69) is 4.18 Å². The monoisotopic (exact) mass is 274 g/mol. The molecule has 0 amide bonds. The van der Waals surface area contributed by atoms with Crippen LogP contribution in [0.25, 0.3) is 0 Å². The lowest BCUT2D eigenvalue weighted by Gasteiger charge is -2.39. The Morgan fingerprint density at radius 3 is 1.79 bits per heavy atom. The first-order valence-electron chi connectivity index (χ1n) is 2.91. The molecule has 14 heavy (non-hydrogen) atoms. The van der Waals surface area contributed by atoms with Crippen molar-refractivity contribution in [1.29, 1.82) is 0 Å². The van der Waals surface area contributed by atoms with E-state index in [9.17, 15) is 12.6 Å². The quantitative estimate of drug-likeness (QED) is 0.355. The topological polar surface area (TPSA) is 162 Å². The van der Waals surface area contributed by atoms with Crippen LogP contribution in [0.2, 0.25) is 0 Å². The van der Waals surface area contributed by atoms with Crippen LogP contribution in [0.3, 0.4) is 0 Å².